The Balaban J connectivity index is 2.10. The Bertz CT molecular complexity index is 747. The molecule has 1 heterocycles. The van der Waals surface area contributed by atoms with Gasteiger partial charge in [0.1, 0.15) is 11.9 Å². The number of anilines is 1. The molecule has 0 spiro atoms. The lowest BCUT2D eigenvalue weighted by Crippen LogP contribution is -2.04. The van der Waals surface area contributed by atoms with Gasteiger partial charge in [0, 0.05) is 19.0 Å². The molecule has 6 heteroatoms. The Morgan fingerprint density at radius 1 is 1.25 bits per heavy atom. The van der Waals surface area contributed by atoms with Crippen LogP contribution in [0.5, 0.6) is 0 Å². The summed E-state index contributed by atoms with van der Waals surface area (Å²) in [6, 6.07) is 12.0. The molecule has 2 rings (SSSR count). The van der Waals surface area contributed by atoms with E-state index in [0.29, 0.717) is 17.9 Å². The second-order valence-corrected chi connectivity index (χ2v) is 6.30. The highest BCUT2D eigenvalue weighted by molar-refractivity contribution is 7.90. The van der Waals surface area contributed by atoms with Crippen molar-refractivity contribution in [2.75, 3.05) is 11.6 Å². The van der Waals surface area contributed by atoms with E-state index in [-0.39, 0.29) is 4.90 Å². The Morgan fingerprint density at radius 3 is 2.55 bits per heavy atom. The van der Waals surface area contributed by atoms with E-state index >= 15 is 0 Å². The van der Waals surface area contributed by atoms with Gasteiger partial charge in [-0.25, -0.2) is 13.4 Å². The van der Waals surface area contributed by atoms with Crippen LogP contribution in [0.15, 0.2) is 47.5 Å². The second kappa shape index (κ2) is 5.72. The standard InChI is InChI=1S/C14H13N3O2S/c1-20(18,19)13-6-4-11(5-7-13)10-17-14-12(9-15)3-2-8-16-14/h2-8H,10H2,1H3,(H,16,17). The third-order valence-corrected chi connectivity index (χ3v) is 3.87. The lowest BCUT2D eigenvalue weighted by atomic mass is 10.2. The van der Waals surface area contributed by atoms with E-state index in [1.165, 1.54) is 6.26 Å². The van der Waals surface area contributed by atoms with Crippen LogP contribution in [0.3, 0.4) is 0 Å². The summed E-state index contributed by atoms with van der Waals surface area (Å²) < 4.78 is 22.7. The summed E-state index contributed by atoms with van der Waals surface area (Å²) in [5, 5.41) is 12.0. The third-order valence-electron chi connectivity index (χ3n) is 2.74. The molecular weight excluding hydrogens is 274 g/mol. The van der Waals surface area contributed by atoms with E-state index in [2.05, 4.69) is 16.4 Å². The number of aromatic nitrogens is 1. The molecule has 2 aromatic rings. The first kappa shape index (κ1) is 14.0. The van der Waals surface area contributed by atoms with Gasteiger partial charge in [-0.2, -0.15) is 5.26 Å². The summed E-state index contributed by atoms with van der Waals surface area (Å²) in [7, 11) is -3.17. The molecule has 0 atom stereocenters. The Morgan fingerprint density at radius 2 is 1.95 bits per heavy atom. The molecule has 0 aliphatic rings. The highest BCUT2D eigenvalue weighted by Gasteiger charge is 2.06. The zero-order chi connectivity index (χ0) is 14.6. The van der Waals surface area contributed by atoms with Crippen molar-refractivity contribution in [3.05, 3.63) is 53.7 Å². The van der Waals surface area contributed by atoms with E-state index in [0.717, 1.165) is 5.56 Å². The largest absolute Gasteiger partial charge is 0.365 e. The smallest absolute Gasteiger partial charge is 0.175 e. The van der Waals surface area contributed by atoms with Crippen LogP contribution in [0, 0.1) is 11.3 Å². The summed E-state index contributed by atoms with van der Waals surface area (Å²) in [5.41, 5.74) is 1.38. The van der Waals surface area contributed by atoms with Crippen molar-refractivity contribution in [2.45, 2.75) is 11.4 Å². The van der Waals surface area contributed by atoms with E-state index in [1.54, 1.807) is 42.6 Å². The second-order valence-electron chi connectivity index (χ2n) is 4.28. The van der Waals surface area contributed by atoms with Crippen molar-refractivity contribution in [2.24, 2.45) is 0 Å². The molecule has 0 saturated heterocycles. The van der Waals surface area contributed by atoms with Gasteiger partial charge in [0.2, 0.25) is 0 Å². The quantitative estimate of drug-likeness (QED) is 0.929. The molecule has 0 unspecified atom stereocenters. The predicted molar refractivity (Wildman–Crippen MR) is 75.8 cm³/mol. The average Bonchev–Trinajstić information content (AvgIpc) is 2.45. The van der Waals surface area contributed by atoms with Gasteiger partial charge >= 0.3 is 0 Å². The number of nitrogens with zero attached hydrogens (tertiary/aromatic N) is 2. The fourth-order valence-corrected chi connectivity index (χ4v) is 2.31. The minimum Gasteiger partial charge on any atom is -0.365 e. The van der Waals surface area contributed by atoms with Crippen molar-refractivity contribution in [1.82, 2.24) is 4.98 Å². The first-order chi connectivity index (χ1) is 9.50. The third kappa shape index (κ3) is 3.33. The van der Waals surface area contributed by atoms with Crippen LogP contribution in [-0.2, 0) is 16.4 Å². The van der Waals surface area contributed by atoms with Crippen LogP contribution in [-0.4, -0.2) is 19.7 Å². The van der Waals surface area contributed by atoms with Crippen LogP contribution in [0.2, 0.25) is 0 Å². The monoisotopic (exact) mass is 287 g/mol. The highest BCUT2D eigenvalue weighted by atomic mass is 32.2. The number of nitriles is 1. The van der Waals surface area contributed by atoms with Crippen molar-refractivity contribution in [3.8, 4) is 6.07 Å². The Kier molecular flexibility index (Phi) is 4.01. The van der Waals surface area contributed by atoms with Crippen molar-refractivity contribution in [1.29, 1.82) is 5.26 Å². The van der Waals surface area contributed by atoms with Gasteiger partial charge < -0.3 is 5.32 Å². The molecule has 0 aliphatic carbocycles. The van der Waals surface area contributed by atoms with E-state index in [1.807, 2.05) is 0 Å². The summed E-state index contributed by atoms with van der Waals surface area (Å²) in [5.74, 6) is 0.516. The minimum atomic E-state index is -3.17. The first-order valence-electron chi connectivity index (χ1n) is 5.88. The van der Waals surface area contributed by atoms with Gasteiger partial charge in [-0.05, 0) is 29.8 Å². The SMILES string of the molecule is CS(=O)(=O)c1ccc(CNc2ncccc2C#N)cc1. The first-order valence-corrected chi connectivity index (χ1v) is 7.78. The van der Waals surface area contributed by atoms with Gasteiger partial charge in [-0.15, -0.1) is 0 Å². The van der Waals surface area contributed by atoms with Crippen molar-refractivity contribution < 1.29 is 8.42 Å². The maximum absolute atomic E-state index is 11.3. The molecule has 0 bridgehead atoms. The molecule has 0 saturated carbocycles. The summed E-state index contributed by atoms with van der Waals surface area (Å²) in [4.78, 5) is 4.38. The molecule has 1 aromatic heterocycles. The van der Waals surface area contributed by atoms with Gasteiger partial charge in [-0.1, -0.05) is 12.1 Å². The van der Waals surface area contributed by atoms with Gasteiger partial charge in [0.25, 0.3) is 0 Å². The summed E-state index contributed by atoms with van der Waals surface area (Å²) >= 11 is 0. The van der Waals surface area contributed by atoms with E-state index < -0.39 is 9.84 Å². The van der Waals surface area contributed by atoms with E-state index in [9.17, 15) is 8.42 Å². The zero-order valence-corrected chi connectivity index (χ0v) is 11.7. The predicted octanol–water partition coefficient (Wildman–Crippen LogP) is 1.97. The lowest BCUT2D eigenvalue weighted by Gasteiger charge is -2.07. The van der Waals surface area contributed by atoms with Crippen LogP contribution < -0.4 is 5.32 Å². The summed E-state index contributed by atoms with van der Waals surface area (Å²) in [6.45, 7) is 0.468. The molecule has 0 radical (unpaired) electrons. The zero-order valence-electron chi connectivity index (χ0n) is 10.9. The molecule has 20 heavy (non-hydrogen) atoms. The molecule has 0 fully saturated rings. The van der Waals surface area contributed by atoms with Crippen LogP contribution >= 0.6 is 0 Å². The maximum atomic E-state index is 11.3. The number of benzene rings is 1. The van der Waals surface area contributed by atoms with Crippen LogP contribution in [0.25, 0.3) is 0 Å². The Hall–Kier alpha value is -2.39. The number of hydrogen-bond donors (Lipinski definition) is 1. The molecular formula is C14H13N3O2S. The number of nitrogens with one attached hydrogen (secondary N) is 1. The van der Waals surface area contributed by atoms with Gasteiger partial charge in [0.15, 0.2) is 9.84 Å². The fraction of sp³-hybridized carbons (Fsp3) is 0.143. The lowest BCUT2D eigenvalue weighted by molar-refractivity contribution is 0.602. The fourth-order valence-electron chi connectivity index (χ4n) is 1.68. The van der Waals surface area contributed by atoms with Gasteiger partial charge in [0.05, 0.1) is 10.5 Å². The molecule has 5 nitrogen and oxygen atoms in total. The maximum Gasteiger partial charge on any atom is 0.175 e. The Labute approximate surface area is 117 Å². The van der Waals surface area contributed by atoms with Gasteiger partial charge in [-0.3, -0.25) is 0 Å². The van der Waals surface area contributed by atoms with Crippen LogP contribution in [0.1, 0.15) is 11.1 Å². The highest BCUT2D eigenvalue weighted by Crippen LogP contribution is 2.13. The molecule has 0 amide bonds. The molecule has 1 N–H and O–H groups in total. The number of sulfone groups is 1. The summed E-state index contributed by atoms with van der Waals surface area (Å²) in [6.07, 6.45) is 2.78. The number of hydrogen-bond acceptors (Lipinski definition) is 5. The molecule has 1 aromatic carbocycles. The number of rotatable bonds is 4. The van der Waals surface area contributed by atoms with Crippen LogP contribution in [0.4, 0.5) is 5.82 Å². The number of pyridine rings is 1. The molecule has 102 valence electrons. The van der Waals surface area contributed by atoms with Crippen molar-refractivity contribution >= 4 is 15.7 Å². The average molecular weight is 287 g/mol. The van der Waals surface area contributed by atoms with E-state index in [4.69, 9.17) is 5.26 Å². The topological polar surface area (TPSA) is 82.8 Å². The minimum absolute atomic E-state index is 0.289. The molecule has 0 aliphatic heterocycles. The van der Waals surface area contributed by atoms with Crippen molar-refractivity contribution in [3.63, 3.8) is 0 Å². The normalized spacial score (nSPS) is 10.8.